The Balaban J connectivity index is 2.04. The van der Waals surface area contributed by atoms with E-state index in [0.717, 1.165) is 15.7 Å². The highest BCUT2D eigenvalue weighted by molar-refractivity contribution is 9.10. The zero-order valence-corrected chi connectivity index (χ0v) is 13.5. The third kappa shape index (κ3) is 3.77. The van der Waals surface area contributed by atoms with Crippen molar-refractivity contribution in [2.45, 2.75) is 13.8 Å². The van der Waals surface area contributed by atoms with Gasteiger partial charge in [-0.3, -0.25) is 0 Å². The summed E-state index contributed by atoms with van der Waals surface area (Å²) in [4.78, 5) is 0. The summed E-state index contributed by atoms with van der Waals surface area (Å²) in [6, 6.07) is 10.8. The molecule has 0 radical (unpaired) electrons. The second kappa shape index (κ2) is 6.33. The second-order valence-electron chi connectivity index (χ2n) is 4.51. The molecule has 0 aromatic heterocycles. The van der Waals surface area contributed by atoms with E-state index in [1.165, 1.54) is 6.07 Å². The largest absolute Gasteiger partial charge is 0.332 e. The van der Waals surface area contributed by atoms with E-state index in [2.05, 4.69) is 26.6 Å². The molecule has 104 valence electrons. The summed E-state index contributed by atoms with van der Waals surface area (Å²) in [7, 11) is 0. The molecule has 0 aliphatic rings. The number of nitrogens with one attached hydrogen (secondary N) is 2. The number of hydrogen-bond acceptors (Lipinski definition) is 1. The van der Waals surface area contributed by atoms with Crippen molar-refractivity contribution >= 4 is 44.6 Å². The summed E-state index contributed by atoms with van der Waals surface area (Å²) >= 11 is 8.66. The summed E-state index contributed by atoms with van der Waals surface area (Å²) in [5.41, 5.74) is 3.23. The SMILES string of the molecule is Cc1ccc(NC(=S)Nc2ccc(Br)c(C)c2)cc1F. The van der Waals surface area contributed by atoms with E-state index in [9.17, 15) is 4.39 Å². The smallest absolute Gasteiger partial charge is 0.175 e. The third-order valence-electron chi connectivity index (χ3n) is 2.85. The van der Waals surface area contributed by atoms with E-state index >= 15 is 0 Å². The number of anilines is 2. The molecule has 2 nitrogen and oxygen atoms in total. The molecule has 20 heavy (non-hydrogen) atoms. The van der Waals surface area contributed by atoms with Crippen LogP contribution in [0.2, 0.25) is 0 Å². The van der Waals surface area contributed by atoms with Crippen LogP contribution in [0.3, 0.4) is 0 Å². The molecular weight excluding hydrogens is 339 g/mol. The van der Waals surface area contributed by atoms with Gasteiger partial charge in [0.15, 0.2) is 5.11 Å². The number of hydrogen-bond donors (Lipinski definition) is 2. The van der Waals surface area contributed by atoms with Crippen molar-refractivity contribution in [3.63, 3.8) is 0 Å². The lowest BCUT2D eigenvalue weighted by molar-refractivity contribution is 0.619. The number of rotatable bonds is 2. The molecule has 0 aliphatic heterocycles. The molecule has 2 N–H and O–H groups in total. The van der Waals surface area contributed by atoms with Crippen LogP contribution < -0.4 is 10.6 Å². The highest BCUT2D eigenvalue weighted by atomic mass is 79.9. The average Bonchev–Trinajstić information content (AvgIpc) is 2.38. The maximum atomic E-state index is 13.4. The van der Waals surface area contributed by atoms with Gasteiger partial charge in [-0.25, -0.2) is 4.39 Å². The molecule has 2 aromatic carbocycles. The van der Waals surface area contributed by atoms with Crippen LogP contribution in [0.15, 0.2) is 40.9 Å². The van der Waals surface area contributed by atoms with Crippen molar-refractivity contribution < 1.29 is 4.39 Å². The van der Waals surface area contributed by atoms with Crippen LogP contribution in [0.5, 0.6) is 0 Å². The minimum atomic E-state index is -0.253. The van der Waals surface area contributed by atoms with Crippen molar-refractivity contribution in [1.82, 2.24) is 0 Å². The second-order valence-corrected chi connectivity index (χ2v) is 5.77. The zero-order chi connectivity index (χ0) is 14.7. The predicted octanol–water partition coefficient (Wildman–Crippen LogP) is 5.01. The molecule has 0 aliphatic carbocycles. The van der Waals surface area contributed by atoms with E-state index in [0.29, 0.717) is 16.4 Å². The molecule has 0 amide bonds. The first-order chi connectivity index (χ1) is 9.45. The molecule has 2 rings (SSSR count). The normalized spacial score (nSPS) is 10.2. The lowest BCUT2D eigenvalue weighted by Gasteiger charge is -2.12. The topological polar surface area (TPSA) is 24.1 Å². The maximum Gasteiger partial charge on any atom is 0.175 e. The van der Waals surface area contributed by atoms with Crippen molar-refractivity contribution in [1.29, 1.82) is 0 Å². The van der Waals surface area contributed by atoms with E-state index in [-0.39, 0.29) is 5.82 Å². The predicted molar refractivity (Wildman–Crippen MR) is 89.9 cm³/mol. The molecule has 5 heteroatoms. The Kier molecular flexibility index (Phi) is 4.73. The van der Waals surface area contributed by atoms with Crippen LogP contribution in [0.1, 0.15) is 11.1 Å². The Morgan fingerprint density at radius 3 is 2.20 bits per heavy atom. The van der Waals surface area contributed by atoms with Crippen LogP contribution in [0, 0.1) is 19.7 Å². The molecule has 2 aromatic rings. The van der Waals surface area contributed by atoms with Crippen LogP contribution in [-0.4, -0.2) is 5.11 Å². The molecule has 0 spiro atoms. The molecule has 0 saturated carbocycles. The highest BCUT2D eigenvalue weighted by Crippen LogP contribution is 2.20. The Labute approximate surface area is 131 Å². The number of aryl methyl sites for hydroxylation is 2. The lowest BCUT2D eigenvalue weighted by atomic mass is 10.2. The fraction of sp³-hybridized carbons (Fsp3) is 0.133. The fourth-order valence-corrected chi connectivity index (χ4v) is 2.17. The van der Waals surface area contributed by atoms with E-state index in [4.69, 9.17) is 12.2 Å². The first-order valence-electron chi connectivity index (χ1n) is 6.06. The van der Waals surface area contributed by atoms with Crippen LogP contribution >= 0.6 is 28.1 Å². The first kappa shape index (κ1) is 14.9. The van der Waals surface area contributed by atoms with Crippen molar-refractivity contribution in [2.75, 3.05) is 10.6 Å². The van der Waals surface area contributed by atoms with Gasteiger partial charge in [0.05, 0.1) is 0 Å². The highest BCUT2D eigenvalue weighted by Gasteiger charge is 2.03. The minimum Gasteiger partial charge on any atom is -0.332 e. The van der Waals surface area contributed by atoms with Gasteiger partial charge in [-0.05, 0) is 67.5 Å². The Morgan fingerprint density at radius 2 is 1.60 bits per heavy atom. The van der Waals surface area contributed by atoms with Crippen LogP contribution in [0.4, 0.5) is 15.8 Å². The summed E-state index contributed by atoms with van der Waals surface area (Å²) in [6.45, 7) is 3.72. The standard InChI is InChI=1S/C15H14BrFN2S/c1-9-3-4-12(8-14(9)17)19-15(20)18-11-5-6-13(16)10(2)7-11/h3-8H,1-2H3,(H2,18,19,20). The van der Waals surface area contributed by atoms with Gasteiger partial charge in [-0.2, -0.15) is 0 Å². The summed E-state index contributed by atoms with van der Waals surface area (Å²) in [6.07, 6.45) is 0. The summed E-state index contributed by atoms with van der Waals surface area (Å²) in [5, 5.41) is 6.46. The Bertz CT molecular complexity index is 603. The molecule has 0 bridgehead atoms. The molecule has 0 fully saturated rings. The van der Waals surface area contributed by atoms with Gasteiger partial charge in [0, 0.05) is 15.8 Å². The average molecular weight is 353 g/mol. The number of thiocarbonyl (C=S) groups is 1. The fourth-order valence-electron chi connectivity index (χ4n) is 1.69. The molecule has 0 atom stereocenters. The van der Waals surface area contributed by atoms with Gasteiger partial charge < -0.3 is 10.6 Å². The van der Waals surface area contributed by atoms with E-state index < -0.39 is 0 Å². The number of halogens is 2. The van der Waals surface area contributed by atoms with E-state index in [1.54, 1.807) is 19.1 Å². The minimum absolute atomic E-state index is 0.253. The summed E-state index contributed by atoms with van der Waals surface area (Å²) in [5.74, 6) is -0.253. The van der Waals surface area contributed by atoms with Crippen molar-refractivity contribution in [3.8, 4) is 0 Å². The Hall–Kier alpha value is -1.46. The first-order valence-corrected chi connectivity index (χ1v) is 7.26. The molecule has 0 heterocycles. The van der Waals surface area contributed by atoms with Gasteiger partial charge in [-0.1, -0.05) is 22.0 Å². The quantitative estimate of drug-likeness (QED) is 0.742. The lowest BCUT2D eigenvalue weighted by Crippen LogP contribution is -2.19. The maximum absolute atomic E-state index is 13.4. The third-order valence-corrected chi connectivity index (χ3v) is 3.94. The van der Waals surface area contributed by atoms with Crippen LogP contribution in [0.25, 0.3) is 0 Å². The number of benzene rings is 2. The van der Waals surface area contributed by atoms with Crippen molar-refractivity contribution in [3.05, 3.63) is 57.8 Å². The van der Waals surface area contributed by atoms with Gasteiger partial charge >= 0.3 is 0 Å². The van der Waals surface area contributed by atoms with Gasteiger partial charge in [0.25, 0.3) is 0 Å². The van der Waals surface area contributed by atoms with E-state index in [1.807, 2.05) is 25.1 Å². The Morgan fingerprint density at radius 1 is 1.00 bits per heavy atom. The van der Waals surface area contributed by atoms with Gasteiger partial charge in [-0.15, -0.1) is 0 Å². The molecular formula is C15H14BrFN2S. The van der Waals surface area contributed by atoms with Gasteiger partial charge in [0.1, 0.15) is 5.82 Å². The van der Waals surface area contributed by atoms with Gasteiger partial charge in [0.2, 0.25) is 0 Å². The monoisotopic (exact) mass is 352 g/mol. The summed E-state index contributed by atoms with van der Waals surface area (Å²) < 4.78 is 14.5. The van der Waals surface area contributed by atoms with Crippen LogP contribution in [-0.2, 0) is 0 Å². The van der Waals surface area contributed by atoms with Crippen molar-refractivity contribution in [2.24, 2.45) is 0 Å². The molecule has 0 saturated heterocycles. The molecule has 0 unspecified atom stereocenters. The zero-order valence-electron chi connectivity index (χ0n) is 11.1.